The molecule has 0 amide bonds. The molecule has 0 fully saturated rings. The molecule has 3 nitrogen and oxygen atoms in total. The van der Waals surface area contributed by atoms with Crippen molar-refractivity contribution in [3.8, 4) is 16.2 Å². The molecule has 0 aliphatic heterocycles. The molecule has 0 unspecified atom stereocenters. The van der Waals surface area contributed by atoms with Crippen LogP contribution in [0.2, 0.25) is 0 Å². The van der Waals surface area contributed by atoms with Crippen LogP contribution in [0, 0.1) is 6.92 Å². The Bertz CT molecular complexity index is 647. The zero-order valence-corrected chi connectivity index (χ0v) is 11.0. The average Bonchev–Trinajstić information content (AvgIpc) is 2.74. The molecule has 0 atom stereocenters. The Balaban J connectivity index is 2.54. The number of halogens is 3. The van der Waals surface area contributed by atoms with Gasteiger partial charge in [0.2, 0.25) is 0 Å². The van der Waals surface area contributed by atoms with Gasteiger partial charge >= 0.3 is 12.3 Å². The van der Waals surface area contributed by atoms with Gasteiger partial charge in [-0.1, -0.05) is 0 Å². The number of carboxylic acids is 1. The van der Waals surface area contributed by atoms with Gasteiger partial charge in [-0.25, -0.2) is 4.79 Å². The summed E-state index contributed by atoms with van der Waals surface area (Å²) in [7, 11) is 0. The van der Waals surface area contributed by atoms with Crippen LogP contribution in [-0.4, -0.2) is 17.4 Å². The van der Waals surface area contributed by atoms with Gasteiger partial charge in [-0.3, -0.25) is 0 Å². The first-order valence-electron chi connectivity index (χ1n) is 5.45. The fourth-order valence-corrected chi connectivity index (χ4v) is 2.56. The Hall–Kier alpha value is -2.02. The molecule has 1 aromatic carbocycles. The van der Waals surface area contributed by atoms with Gasteiger partial charge in [-0.15, -0.1) is 24.5 Å². The van der Waals surface area contributed by atoms with Gasteiger partial charge in [-0.2, -0.15) is 0 Å². The molecular weight excluding hydrogens is 293 g/mol. The van der Waals surface area contributed by atoms with Crippen LogP contribution < -0.4 is 4.74 Å². The van der Waals surface area contributed by atoms with Crippen LogP contribution in [0.4, 0.5) is 13.2 Å². The maximum absolute atomic E-state index is 12.4. The highest BCUT2D eigenvalue weighted by Gasteiger charge is 2.32. The molecule has 1 N–H and O–H groups in total. The molecule has 0 saturated carbocycles. The molecule has 2 aromatic rings. The molecule has 0 aliphatic carbocycles. The topological polar surface area (TPSA) is 46.5 Å². The van der Waals surface area contributed by atoms with Gasteiger partial charge < -0.3 is 9.84 Å². The highest BCUT2D eigenvalue weighted by molar-refractivity contribution is 7.13. The predicted molar refractivity (Wildman–Crippen MR) is 68.1 cm³/mol. The van der Waals surface area contributed by atoms with E-state index in [1.807, 2.05) is 0 Å². The fourth-order valence-electron chi connectivity index (χ4n) is 1.64. The van der Waals surface area contributed by atoms with E-state index in [9.17, 15) is 18.0 Å². The van der Waals surface area contributed by atoms with Crippen molar-refractivity contribution in [2.75, 3.05) is 0 Å². The van der Waals surface area contributed by atoms with Crippen molar-refractivity contribution >= 4 is 17.3 Å². The Kier molecular flexibility index (Phi) is 3.71. The van der Waals surface area contributed by atoms with Crippen molar-refractivity contribution in [3.63, 3.8) is 0 Å². The number of hydrogen-bond donors (Lipinski definition) is 1. The van der Waals surface area contributed by atoms with Crippen molar-refractivity contribution in [3.05, 3.63) is 40.8 Å². The first-order valence-corrected chi connectivity index (χ1v) is 6.33. The third-order valence-corrected chi connectivity index (χ3v) is 3.53. The number of ether oxygens (including phenoxy) is 1. The number of hydrogen-bond acceptors (Lipinski definition) is 3. The molecule has 0 saturated heterocycles. The van der Waals surface area contributed by atoms with Crippen molar-refractivity contribution in [1.29, 1.82) is 0 Å². The molecule has 106 valence electrons. The number of benzene rings is 1. The number of aryl methyl sites for hydroxylation is 1. The minimum absolute atomic E-state index is 0.0967. The van der Waals surface area contributed by atoms with E-state index < -0.39 is 18.1 Å². The smallest absolute Gasteiger partial charge is 0.478 e. The van der Waals surface area contributed by atoms with E-state index >= 15 is 0 Å². The zero-order valence-electron chi connectivity index (χ0n) is 10.2. The zero-order chi connectivity index (χ0) is 14.9. The summed E-state index contributed by atoms with van der Waals surface area (Å²) in [4.78, 5) is 11.4. The molecule has 7 heteroatoms. The minimum atomic E-state index is -4.83. The molecule has 0 spiro atoms. The first kappa shape index (κ1) is 14.4. The number of alkyl halides is 3. The molecule has 1 aromatic heterocycles. The quantitative estimate of drug-likeness (QED) is 0.918. The maximum atomic E-state index is 12.4. The van der Waals surface area contributed by atoms with Crippen molar-refractivity contribution in [2.24, 2.45) is 0 Å². The Morgan fingerprint density at radius 2 is 2.00 bits per heavy atom. The molecule has 0 aliphatic rings. The molecule has 1 heterocycles. The predicted octanol–water partition coefficient (Wildman–Crippen LogP) is 4.32. The van der Waals surface area contributed by atoms with Gasteiger partial charge in [0, 0.05) is 10.4 Å². The van der Waals surface area contributed by atoms with E-state index in [4.69, 9.17) is 5.11 Å². The standard InChI is InChI=1S/C13H9F3O3S/c1-7-4-11(20-6-7)9-5-8(12(17)18)2-3-10(9)19-13(14,15)16/h2-6H,1H3,(H,17,18). The lowest BCUT2D eigenvalue weighted by Crippen LogP contribution is -2.17. The largest absolute Gasteiger partial charge is 0.573 e. The highest BCUT2D eigenvalue weighted by atomic mass is 32.1. The Labute approximate surface area is 116 Å². The summed E-state index contributed by atoms with van der Waals surface area (Å²) < 4.78 is 41.0. The lowest BCUT2D eigenvalue weighted by atomic mass is 10.1. The molecule has 2 rings (SSSR count). The lowest BCUT2D eigenvalue weighted by molar-refractivity contribution is -0.274. The second kappa shape index (κ2) is 5.16. The van der Waals surface area contributed by atoms with Crippen molar-refractivity contribution < 1.29 is 27.8 Å². The van der Waals surface area contributed by atoms with Crippen molar-refractivity contribution in [1.82, 2.24) is 0 Å². The number of rotatable bonds is 3. The van der Waals surface area contributed by atoms with Crippen LogP contribution in [-0.2, 0) is 0 Å². The third-order valence-electron chi connectivity index (χ3n) is 2.45. The number of thiophene rings is 1. The van der Waals surface area contributed by atoms with E-state index in [0.29, 0.717) is 4.88 Å². The van der Waals surface area contributed by atoms with Gasteiger partial charge in [-0.05, 0) is 42.1 Å². The summed E-state index contributed by atoms with van der Waals surface area (Å²) in [6, 6.07) is 4.94. The van der Waals surface area contributed by atoms with Crippen LogP contribution in [0.3, 0.4) is 0 Å². The summed E-state index contributed by atoms with van der Waals surface area (Å²) >= 11 is 1.22. The van der Waals surface area contributed by atoms with Crippen LogP contribution >= 0.6 is 11.3 Å². The fraction of sp³-hybridized carbons (Fsp3) is 0.154. The summed E-state index contributed by atoms with van der Waals surface area (Å²) in [5.74, 6) is -1.62. The highest BCUT2D eigenvalue weighted by Crippen LogP contribution is 2.37. The van der Waals surface area contributed by atoms with Crippen LogP contribution in [0.15, 0.2) is 29.6 Å². The second-order valence-corrected chi connectivity index (χ2v) is 4.96. The summed E-state index contributed by atoms with van der Waals surface area (Å²) in [6.45, 7) is 1.80. The van der Waals surface area contributed by atoms with E-state index in [-0.39, 0.29) is 11.1 Å². The van der Waals surface area contributed by atoms with Crippen LogP contribution in [0.1, 0.15) is 15.9 Å². The Morgan fingerprint density at radius 1 is 1.30 bits per heavy atom. The number of carbonyl (C=O) groups is 1. The minimum Gasteiger partial charge on any atom is -0.478 e. The first-order chi connectivity index (χ1) is 9.26. The van der Waals surface area contributed by atoms with Crippen molar-refractivity contribution in [2.45, 2.75) is 13.3 Å². The van der Waals surface area contributed by atoms with E-state index in [0.717, 1.165) is 17.7 Å². The monoisotopic (exact) mass is 302 g/mol. The number of carboxylic acid groups (broad SMARTS) is 1. The van der Waals surface area contributed by atoms with E-state index in [2.05, 4.69) is 4.74 Å². The Morgan fingerprint density at radius 3 is 2.50 bits per heavy atom. The average molecular weight is 302 g/mol. The summed E-state index contributed by atoms with van der Waals surface area (Å²) in [5.41, 5.74) is 0.893. The third kappa shape index (κ3) is 3.30. The van der Waals surface area contributed by atoms with Gasteiger partial charge in [0.25, 0.3) is 0 Å². The molecule has 0 radical (unpaired) electrons. The van der Waals surface area contributed by atoms with Crippen LogP contribution in [0.25, 0.3) is 10.4 Å². The van der Waals surface area contributed by atoms with E-state index in [1.54, 1.807) is 18.4 Å². The van der Waals surface area contributed by atoms with Gasteiger partial charge in [0.15, 0.2) is 0 Å². The molecular formula is C13H9F3O3S. The van der Waals surface area contributed by atoms with E-state index in [1.165, 1.54) is 17.4 Å². The van der Waals surface area contributed by atoms with Crippen LogP contribution in [0.5, 0.6) is 5.75 Å². The number of aromatic carboxylic acids is 1. The SMILES string of the molecule is Cc1csc(-c2cc(C(=O)O)ccc2OC(F)(F)F)c1. The van der Waals surface area contributed by atoms with Gasteiger partial charge in [0.1, 0.15) is 5.75 Å². The molecule has 20 heavy (non-hydrogen) atoms. The maximum Gasteiger partial charge on any atom is 0.573 e. The normalized spacial score (nSPS) is 11.4. The lowest BCUT2D eigenvalue weighted by Gasteiger charge is -2.13. The summed E-state index contributed by atoms with van der Waals surface area (Å²) in [6.07, 6.45) is -4.83. The second-order valence-electron chi connectivity index (χ2n) is 4.05. The molecule has 0 bridgehead atoms. The van der Waals surface area contributed by atoms with Gasteiger partial charge in [0.05, 0.1) is 5.56 Å². The summed E-state index contributed by atoms with van der Waals surface area (Å²) in [5, 5.41) is 10.7.